The number of hydrogen-bond donors (Lipinski definition) is 2. The van der Waals surface area contributed by atoms with Gasteiger partial charge in [-0.15, -0.1) is 0 Å². The molecule has 0 saturated carbocycles. The Morgan fingerprint density at radius 2 is 2.00 bits per heavy atom. The highest BCUT2D eigenvalue weighted by Crippen LogP contribution is 2.21. The summed E-state index contributed by atoms with van der Waals surface area (Å²) in [4.78, 5) is 27.3. The van der Waals surface area contributed by atoms with Crippen molar-refractivity contribution in [3.63, 3.8) is 0 Å². The predicted molar refractivity (Wildman–Crippen MR) is 121 cm³/mol. The molecule has 2 unspecified atom stereocenters. The number of benzene rings is 2. The summed E-state index contributed by atoms with van der Waals surface area (Å²) < 4.78 is 25.8. The Morgan fingerprint density at radius 1 is 1.22 bits per heavy atom. The lowest BCUT2D eigenvalue weighted by molar-refractivity contribution is -0.138. The summed E-state index contributed by atoms with van der Waals surface area (Å²) in [6.45, 7) is 2.62. The molecule has 1 aliphatic heterocycles. The number of nitrogens with one attached hydrogen (secondary N) is 1. The number of alkyl halides is 2. The predicted octanol–water partition coefficient (Wildman–Crippen LogP) is 3.63. The smallest absolute Gasteiger partial charge is 0.253 e. The molecule has 1 fully saturated rings. The van der Waals surface area contributed by atoms with E-state index in [0.717, 1.165) is 23.1 Å². The molecule has 172 valence electrons. The SMILES string of the molecule is Cc1ccc(CC(N)C(F)F)c(CNC(=O)C2CCCN2C(=O)Cc2cccc(Cl)c2)c1. The van der Waals surface area contributed by atoms with Crippen LogP contribution in [0.2, 0.25) is 5.02 Å². The van der Waals surface area contributed by atoms with Crippen LogP contribution in [0.1, 0.15) is 35.1 Å². The average Bonchev–Trinajstić information content (AvgIpc) is 3.23. The van der Waals surface area contributed by atoms with E-state index in [4.69, 9.17) is 17.3 Å². The molecule has 3 rings (SSSR count). The largest absolute Gasteiger partial charge is 0.350 e. The lowest BCUT2D eigenvalue weighted by Gasteiger charge is -2.24. The van der Waals surface area contributed by atoms with Crippen LogP contribution in [-0.4, -0.2) is 41.8 Å². The maximum Gasteiger partial charge on any atom is 0.253 e. The maximum absolute atomic E-state index is 12.9. The molecule has 1 aliphatic rings. The van der Waals surface area contributed by atoms with Gasteiger partial charge in [0.2, 0.25) is 11.8 Å². The van der Waals surface area contributed by atoms with Crippen molar-refractivity contribution in [1.82, 2.24) is 10.2 Å². The number of carbonyl (C=O) groups is 2. The van der Waals surface area contributed by atoms with Crippen LogP contribution < -0.4 is 11.1 Å². The van der Waals surface area contributed by atoms with Crippen molar-refractivity contribution in [1.29, 1.82) is 0 Å². The molecule has 1 heterocycles. The highest BCUT2D eigenvalue weighted by atomic mass is 35.5. The number of nitrogens with zero attached hydrogens (tertiary/aromatic N) is 1. The molecule has 0 spiro atoms. The van der Waals surface area contributed by atoms with Gasteiger partial charge in [0.15, 0.2) is 0 Å². The van der Waals surface area contributed by atoms with Gasteiger partial charge >= 0.3 is 0 Å². The third-order valence-electron chi connectivity index (χ3n) is 5.71. The molecule has 2 atom stereocenters. The number of likely N-dealkylation sites (tertiary alicyclic amines) is 1. The summed E-state index contributed by atoms with van der Waals surface area (Å²) in [7, 11) is 0. The average molecular weight is 464 g/mol. The summed E-state index contributed by atoms with van der Waals surface area (Å²) in [5.41, 5.74) is 8.74. The third kappa shape index (κ3) is 6.26. The molecular weight excluding hydrogens is 436 g/mol. The molecule has 1 saturated heterocycles. The number of rotatable bonds is 8. The van der Waals surface area contributed by atoms with E-state index in [1.807, 2.05) is 25.1 Å². The standard InChI is InChI=1S/C24H28ClF2N3O2/c1-15-7-8-17(13-20(28)23(26)27)18(10-15)14-29-24(32)21-6-3-9-30(21)22(31)12-16-4-2-5-19(25)11-16/h2,4-5,7-8,10-11,20-21,23H,3,6,9,12-14,28H2,1H3,(H,29,32). The minimum atomic E-state index is -2.61. The van der Waals surface area contributed by atoms with Gasteiger partial charge < -0.3 is 16.0 Å². The molecule has 0 radical (unpaired) electrons. The van der Waals surface area contributed by atoms with Crippen LogP contribution >= 0.6 is 11.6 Å². The molecule has 0 bridgehead atoms. The molecule has 3 N–H and O–H groups in total. The Bertz CT molecular complexity index is 970. The van der Waals surface area contributed by atoms with Crippen molar-refractivity contribution in [2.45, 2.75) is 57.7 Å². The van der Waals surface area contributed by atoms with Gasteiger partial charge in [-0.3, -0.25) is 9.59 Å². The fourth-order valence-corrected chi connectivity index (χ4v) is 4.24. The second kappa shape index (κ2) is 10.9. The molecular formula is C24H28ClF2N3O2. The quantitative estimate of drug-likeness (QED) is 0.627. The molecule has 5 nitrogen and oxygen atoms in total. The van der Waals surface area contributed by atoms with Crippen LogP contribution in [0.4, 0.5) is 8.78 Å². The van der Waals surface area contributed by atoms with Crippen LogP contribution in [0.15, 0.2) is 42.5 Å². The summed E-state index contributed by atoms with van der Waals surface area (Å²) in [5.74, 6) is -0.364. The third-order valence-corrected chi connectivity index (χ3v) is 5.95. The summed E-state index contributed by atoms with van der Waals surface area (Å²) in [5, 5.41) is 3.45. The monoisotopic (exact) mass is 463 g/mol. The van der Waals surface area contributed by atoms with Crippen LogP contribution in [0.25, 0.3) is 0 Å². The lowest BCUT2D eigenvalue weighted by atomic mass is 9.98. The van der Waals surface area contributed by atoms with Crippen molar-refractivity contribution < 1.29 is 18.4 Å². The molecule has 2 amide bonds. The molecule has 2 aromatic carbocycles. The van der Waals surface area contributed by atoms with Crippen LogP contribution in [-0.2, 0) is 29.0 Å². The minimum Gasteiger partial charge on any atom is -0.350 e. The fraction of sp³-hybridized carbons (Fsp3) is 0.417. The Labute approximate surface area is 191 Å². The molecule has 2 aromatic rings. The molecule has 0 aromatic heterocycles. The zero-order valence-electron chi connectivity index (χ0n) is 18.0. The number of carbonyl (C=O) groups excluding carboxylic acids is 2. The van der Waals surface area contributed by atoms with E-state index in [1.165, 1.54) is 0 Å². The number of halogens is 3. The van der Waals surface area contributed by atoms with E-state index >= 15 is 0 Å². The Morgan fingerprint density at radius 3 is 2.72 bits per heavy atom. The van der Waals surface area contributed by atoms with Gasteiger partial charge in [-0.2, -0.15) is 0 Å². The van der Waals surface area contributed by atoms with E-state index in [-0.39, 0.29) is 31.2 Å². The Kier molecular flexibility index (Phi) is 8.21. The van der Waals surface area contributed by atoms with Gasteiger partial charge in [0, 0.05) is 18.1 Å². The minimum absolute atomic E-state index is 0.0246. The second-order valence-electron chi connectivity index (χ2n) is 8.24. The van der Waals surface area contributed by atoms with E-state index in [2.05, 4.69) is 5.32 Å². The molecule has 8 heteroatoms. The van der Waals surface area contributed by atoms with Crippen molar-refractivity contribution in [3.8, 4) is 0 Å². The van der Waals surface area contributed by atoms with E-state index in [1.54, 1.807) is 29.2 Å². The Hall–Kier alpha value is -2.51. The first-order valence-corrected chi connectivity index (χ1v) is 11.1. The zero-order valence-corrected chi connectivity index (χ0v) is 18.7. The highest BCUT2D eigenvalue weighted by Gasteiger charge is 2.33. The van der Waals surface area contributed by atoms with Gasteiger partial charge in [-0.1, -0.05) is 47.5 Å². The fourth-order valence-electron chi connectivity index (χ4n) is 4.02. The number of nitrogens with two attached hydrogens (primary N) is 1. The normalized spacial score (nSPS) is 16.9. The highest BCUT2D eigenvalue weighted by molar-refractivity contribution is 6.30. The first-order valence-electron chi connectivity index (χ1n) is 10.7. The number of hydrogen-bond acceptors (Lipinski definition) is 3. The van der Waals surface area contributed by atoms with Gasteiger partial charge in [-0.25, -0.2) is 8.78 Å². The lowest BCUT2D eigenvalue weighted by Crippen LogP contribution is -2.46. The van der Waals surface area contributed by atoms with Crippen molar-refractivity contribution >= 4 is 23.4 Å². The van der Waals surface area contributed by atoms with Crippen LogP contribution in [0.5, 0.6) is 0 Å². The van der Waals surface area contributed by atoms with Gasteiger partial charge in [0.25, 0.3) is 6.43 Å². The van der Waals surface area contributed by atoms with Crippen molar-refractivity contribution in [2.24, 2.45) is 5.73 Å². The van der Waals surface area contributed by atoms with Gasteiger partial charge in [0.05, 0.1) is 12.5 Å². The number of aryl methyl sites for hydroxylation is 1. The summed E-state index contributed by atoms with van der Waals surface area (Å²) in [6.07, 6.45) is -1.08. The zero-order chi connectivity index (χ0) is 23.3. The van der Waals surface area contributed by atoms with Crippen LogP contribution in [0, 0.1) is 6.92 Å². The van der Waals surface area contributed by atoms with Gasteiger partial charge in [0.1, 0.15) is 6.04 Å². The van der Waals surface area contributed by atoms with Crippen molar-refractivity contribution in [3.05, 3.63) is 69.7 Å². The first kappa shape index (κ1) is 24.1. The second-order valence-corrected chi connectivity index (χ2v) is 8.68. The topological polar surface area (TPSA) is 75.4 Å². The molecule has 0 aliphatic carbocycles. The number of amides is 2. The maximum atomic E-state index is 12.9. The van der Waals surface area contributed by atoms with Gasteiger partial charge in [-0.05, 0) is 55.0 Å². The van der Waals surface area contributed by atoms with Crippen LogP contribution in [0.3, 0.4) is 0 Å². The van der Waals surface area contributed by atoms with E-state index < -0.39 is 18.5 Å². The van der Waals surface area contributed by atoms with E-state index in [0.29, 0.717) is 23.6 Å². The summed E-state index contributed by atoms with van der Waals surface area (Å²) in [6, 6.07) is 10.8. The summed E-state index contributed by atoms with van der Waals surface area (Å²) >= 11 is 6.00. The van der Waals surface area contributed by atoms with Crippen molar-refractivity contribution in [2.75, 3.05) is 6.54 Å². The molecule has 32 heavy (non-hydrogen) atoms. The Balaban J connectivity index is 1.64. The first-order chi connectivity index (χ1) is 15.2. The van der Waals surface area contributed by atoms with E-state index in [9.17, 15) is 18.4 Å².